The van der Waals surface area contributed by atoms with Gasteiger partial charge in [0.25, 0.3) is 11.8 Å². The molecule has 1 aromatic carbocycles. The Morgan fingerprint density at radius 2 is 2.08 bits per heavy atom. The van der Waals surface area contributed by atoms with Gasteiger partial charge in [-0.3, -0.25) is 9.59 Å². The maximum absolute atomic E-state index is 12.4. The van der Waals surface area contributed by atoms with Crippen molar-refractivity contribution in [2.24, 2.45) is 0 Å². The van der Waals surface area contributed by atoms with Crippen molar-refractivity contribution >= 4 is 29.5 Å². The zero-order chi connectivity index (χ0) is 19.5. The van der Waals surface area contributed by atoms with Gasteiger partial charge in [-0.25, -0.2) is 4.79 Å². The summed E-state index contributed by atoms with van der Waals surface area (Å²) in [7, 11) is 0. The molecular weight excluding hydrogens is 352 g/mol. The molecule has 1 rings (SSSR count). The number of aryl methyl sites for hydroxylation is 1. The number of ether oxygens (including phenoxy) is 1. The van der Waals surface area contributed by atoms with Crippen LogP contribution in [0.4, 0.5) is 0 Å². The van der Waals surface area contributed by atoms with Crippen LogP contribution in [0.5, 0.6) is 0 Å². The maximum atomic E-state index is 12.4. The highest BCUT2D eigenvalue weighted by molar-refractivity contribution is 7.98. The summed E-state index contributed by atoms with van der Waals surface area (Å²) in [6, 6.07) is 6.29. The molecule has 6 nitrogen and oxygen atoms in total. The van der Waals surface area contributed by atoms with E-state index in [1.165, 1.54) is 13.0 Å². The van der Waals surface area contributed by atoms with Crippen molar-refractivity contribution in [3.05, 3.63) is 48.0 Å². The molecule has 0 unspecified atom stereocenters. The van der Waals surface area contributed by atoms with Gasteiger partial charge >= 0.3 is 5.97 Å². The summed E-state index contributed by atoms with van der Waals surface area (Å²) in [6.07, 6.45) is 2.92. The fraction of sp³-hybridized carbons (Fsp3) is 0.421. The van der Waals surface area contributed by atoms with E-state index in [9.17, 15) is 14.4 Å². The van der Waals surface area contributed by atoms with Crippen LogP contribution < -0.4 is 10.6 Å². The van der Waals surface area contributed by atoms with Gasteiger partial charge in [0.1, 0.15) is 6.04 Å². The van der Waals surface area contributed by atoms with Gasteiger partial charge < -0.3 is 15.4 Å². The van der Waals surface area contributed by atoms with Crippen LogP contribution in [0.25, 0.3) is 0 Å². The van der Waals surface area contributed by atoms with Gasteiger partial charge in [0.2, 0.25) is 0 Å². The SMILES string of the molecule is C=CCNC(=O)[C@H](C)OC(=O)[C@H](CCSC)NC(=O)c1cccc(C)c1. The molecule has 2 amide bonds. The molecule has 0 spiro atoms. The highest BCUT2D eigenvalue weighted by Gasteiger charge is 2.26. The Labute approximate surface area is 158 Å². The van der Waals surface area contributed by atoms with Crippen LogP contribution in [0, 0.1) is 6.92 Å². The average molecular weight is 378 g/mol. The number of hydrogen-bond donors (Lipinski definition) is 2. The lowest BCUT2D eigenvalue weighted by Crippen LogP contribution is -2.45. The zero-order valence-corrected chi connectivity index (χ0v) is 16.2. The highest BCUT2D eigenvalue weighted by Crippen LogP contribution is 2.08. The number of thioether (sulfide) groups is 1. The number of benzene rings is 1. The lowest BCUT2D eigenvalue weighted by atomic mass is 10.1. The lowest BCUT2D eigenvalue weighted by molar-refractivity contribution is -0.156. The molecule has 0 radical (unpaired) electrons. The summed E-state index contributed by atoms with van der Waals surface area (Å²) >= 11 is 1.56. The summed E-state index contributed by atoms with van der Waals surface area (Å²) in [5.74, 6) is -0.709. The van der Waals surface area contributed by atoms with Crippen LogP contribution in [-0.2, 0) is 14.3 Å². The lowest BCUT2D eigenvalue weighted by Gasteiger charge is -2.20. The molecule has 2 N–H and O–H groups in total. The molecule has 0 saturated carbocycles. The third-order valence-corrected chi connectivity index (χ3v) is 4.21. The molecule has 0 aliphatic rings. The fourth-order valence-electron chi connectivity index (χ4n) is 2.14. The first kappa shape index (κ1) is 21.8. The van der Waals surface area contributed by atoms with Crippen LogP contribution in [0.2, 0.25) is 0 Å². The van der Waals surface area contributed by atoms with Crippen molar-refractivity contribution in [3.63, 3.8) is 0 Å². The minimum Gasteiger partial charge on any atom is -0.451 e. The van der Waals surface area contributed by atoms with Gasteiger partial charge in [-0.2, -0.15) is 11.8 Å². The Balaban J connectivity index is 2.75. The minimum atomic E-state index is -0.949. The third-order valence-electron chi connectivity index (χ3n) is 3.56. The molecule has 0 aromatic heterocycles. The Bertz CT molecular complexity index is 648. The number of hydrogen-bond acceptors (Lipinski definition) is 5. The van der Waals surface area contributed by atoms with Crippen LogP contribution in [-0.4, -0.2) is 48.5 Å². The number of amides is 2. The number of nitrogens with one attached hydrogen (secondary N) is 2. The van der Waals surface area contributed by atoms with E-state index in [-0.39, 0.29) is 5.91 Å². The minimum absolute atomic E-state index is 0.292. The fourth-order valence-corrected chi connectivity index (χ4v) is 2.61. The molecule has 142 valence electrons. The van der Waals surface area contributed by atoms with Gasteiger partial charge in [0.05, 0.1) is 0 Å². The van der Waals surface area contributed by atoms with Gasteiger partial charge in [-0.1, -0.05) is 23.8 Å². The molecule has 0 aliphatic carbocycles. The van der Waals surface area contributed by atoms with Gasteiger partial charge in [-0.05, 0) is 44.4 Å². The second-order valence-corrected chi connectivity index (χ2v) is 6.78. The summed E-state index contributed by atoms with van der Waals surface area (Å²) in [5, 5.41) is 5.27. The van der Waals surface area contributed by atoms with Crippen molar-refractivity contribution in [1.82, 2.24) is 10.6 Å². The molecule has 26 heavy (non-hydrogen) atoms. The van der Waals surface area contributed by atoms with Crippen LogP contribution >= 0.6 is 11.8 Å². The number of carbonyl (C=O) groups excluding carboxylic acids is 3. The van der Waals surface area contributed by atoms with E-state index in [1.807, 2.05) is 19.2 Å². The maximum Gasteiger partial charge on any atom is 0.329 e. The first-order valence-electron chi connectivity index (χ1n) is 8.34. The second-order valence-electron chi connectivity index (χ2n) is 5.79. The Kier molecular flexibility index (Phi) is 9.51. The Morgan fingerprint density at radius 3 is 2.69 bits per heavy atom. The number of rotatable bonds is 10. The van der Waals surface area contributed by atoms with Crippen LogP contribution in [0.3, 0.4) is 0 Å². The molecule has 1 aromatic rings. The van der Waals surface area contributed by atoms with Crippen molar-refractivity contribution in [2.75, 3.05) is 18.6 Å². The van der Waals surface area contributed by atoms with E-state index in [1.54, 1.807) is 30.0 Å². The van der Waals surface area contributed by atoms with E-state index in [2.05, 4.69) is 17.2 Å². The third kappa shape index (κ3) is 7.31. The predicted molar refractivity (Wildman–Crippen MR) is 104 cm³/mol. The first-order valence-corrected chi connectivity index (χ1v) is 9.74. The summed E-state index contributed by atoms with van der Waals surface area (Å²) in [6.45, 7) is 7.18. The van der Waals surface area contributed by atoms with E-state index in [0.717, 1.165) is 5.56 Å². The first-order chi connectivity index (χ1) is 12.4. The van der Waals surface area contributed by atoms with Crippen molar-refractivity contribution in [3.8, 4) is 0 Å². The normalized spacial score (nSPS) is 12.6. The number of carbonyl (C=O) groups is 3. The molecule has 2 atom stereocenters. The van der Waals surface area contributed by atoms with Crippen LogP contribution in [0.1, 0.15) is 29.3 Å². The molecule has 0 fully saturated rings. The van der Waals surface area contributed by atoms with E-state index >= 15 is 0 Å². The zero-order valence-electron chi connectivity index (χ0n) is 15.4. The summed E-state index contributed by atoms with van der Waals surface area (Å²) in [5.41, 5.74) is 1.43. The smallest absolute Gasteiger partial charge is 0.329 e. The average Bonchev–Trinajstić information content (AvgIpc) is 2.62. The Hall–Kier alpha value is -2.28. The quantitative estimate of drug-likeness (QED) is 0.481. The second kappa shape index (κ2) is 11.4. The molecule has 0 saturated heterocycles. The largest absolute Gasteiger partial charge is 0.451 e. The molecule has 0 bridgehead atoms. The van der Waals surface area contributed by atoms with E-state index in [0.29, 0.717) is 24.3 Å². The van der Waals surface area contributed by atoms with Crippen molar-refractivity contribution in [2.45, 2.75) is 32.4 Å². The predicted octanol–water partition coefficient (Wildman–Crippen LogP) is 2.08. The van der Waals surface area contributed by atoms with Crippen molar-refractivity contribution < 1.29 is 19.1 Å². The number of esters is 1. The monoisotopic (exact) mass is 378 g/mol. The highest BCUT2D eigenvalue weighted by atomic mass is 32.2. The van der Waals surface area contributed by atoms with Gasteiger partial charge in [0.15, 0.2) is 6.10 Å². The molecule has 0 heterocycles. The van der Waals surface area contributed by atoms with Crippen molar-refractivity contribution in [1.29, 1.82) is 0 Å². The molecular formula is C19H26N2O4S. The van der Waals surface area contributed by atoms with Gasteiger partial charge in [-0.15, -0.1) is 6.58 Å². The Morgan fingerprint density at radius 1 is 1.35 bits per heavy atom. The topological polar surface area (TPSA) is 84.5 Å². The summed E-state index contributed by atoms with van der Waals surface area (Å²) < 4.78 is 5.22. The molecule has 0 aliphatic heterocycles. The van der Waals surface area contributed by atoms with E-state index < -0.39 is 24.0 Å². The van der Waals surface area contributed by atoms with Gasteiger partial charge in [0, 0.05) is 12.1 Å². The summed E-state index contributed by atoms with van der Waals surface area (Å²) in [4.78, 5) is 36.7. The van der Waals surface area contributed by atoms with Crippen LogP contribution in [0.15, 0.2) is 36.9 Å². The molecule has 7 heteroatoms. The standard InChI is InChI=1S/C19H26N2O4S/c1-5-10-20-17(22)14(3)25-19(24)16(9-11-26-4)21-18(23)15-8-6-7-13(2)12-15/h5-8,12,14,16H,1,9-11H2,2-4H3,(H,20,22)(H,21,23)/t14-,16-/m0/s1. The van der Waals surface area contributed by atoms with E-state index in [4.69, 9.17) is 4.74 Å².